The van der Waals surface area contributed by atoms with E-state index in [9.17, 15) is 4.79 Å². The van der Waals surface area contributed by atoms with Crippen LogP contribution in [0.4, 0.5) is 0 Å². The van der Waals surface area contributed by atoms with Gasteiger partial charge >= 0.3 is 0 Å². The van der Waals surface area contributed by atoms with E-state index in [0.29, 0.717) is 13.1 Å². The molecule has 8 nitrogen and oxygen atoms in total. The van der Waals surface area contributed by atoms with Crippen LogP contribution in [0.15, 0.2) is 29.1 Å². The number of H-pyrrole nitrogens is 1. The zero-order valence-corrected chi connectivity index (χ0v) is 18.2. The number of ether oxygens (including phenoxy) is 1. The van der Waals surface area contributed by atoms with Crippen LogP contribution in [0.3, 0.4) is 0 Å². The number of aromatic amines is 1. The standard InChI is InChI=1S/C22H30N6O2/c1-15-7-8-19-16(10-15)11-17(21(29)23-19)12-27(13-18-6-5-9-30-18)14-20-24-25-26-28(20)22(2,3)4/h7-8,10-11,18H,5-6,9,12-14H2,1-4H3,(H,23,29)/p+1/t18-/m0/s1. The lowest BCUT2D eigenvalue weighted by Gasteiger charge is -2.24. The SMILES string of the molecule is Cc1ccc2[nH]c(=O)c(C[NH+](Cc3nnnn3C(C)(C)C)C[C@@H]3CCCO3)cc2c1. The number of pyridine rings is 1. The Hall–Kier alpha value is -2.58. The minimum atomic E-state index is -0.203. The summed E-state index contributed by atoms with van der Waals surface area (Å²) in [5.41, 5.74) is 2.58. The van der Waals surface area contributed by atoms with Gasteiger partial charge in [-0.3, -0.25) is 4.79 Å². The van der Waals surface area contributed by atoms with Crippen molar-refractivity contribution in [1.82, 2.24) is 25.2 Å². The highest BCUT2D eigenvalue weighted by atomic mass is 16.5. The van der Waals surface area contributed by atoms with Crippen LogP contribution < -0.4 is 10.5 Å². The average Bonchev–Trinajstić information content (AvgIpc) is 3.34. The van der Waals surface area contributed by atoms with E-state index in [2.05, 4.69) is 54.3 Å². The molecule has 1 saturated heterocycles. The molecule has 2 N–H and O–H groups in total. The van der Waals surface area contributed by atoms with Crippen molar-refractivity contribution < 1.29 is 9.64 Å². The molecule has 160 valence electrons. The van der Waals surface area contributed by atoms with E-state index >= 15 is 0 Å². The van der Waals surface area contributed by atoms with Gasteiger partial charge in [0.05, 0.1) is 11.1 Å². The Labute approximate surface area is 176 Å². The molecule has 8 heteroatoms. The first-order chi connectivity index (χ1) is 14.3. The average molecular weight is 412 g/mol. The lowest BCUT2D eigenvalue weighted by Crippen LogP contribution is -3.10. The number of fused-ring (bicyclic) bond motifs is 1. The molecule has 0 bridgehead atoms. The second kappa shape index (κ2) is 8.28. The van der Waals surface area contributed by atoms with E-state index in [-0.39, 0.29) is 17.2 Å². The molecule has 1 unspecified atom stereocenters. The zero-order chi connectivity index (χ0) is 21.3. The normalized spacial score (nSPS) is 18.2. The van der Waals surface area contributed by atoms with Crippen molar-refractivity contribution in [2.75, 3.05) is 13.2 Å². The summed E-state index contributed by atoms with van der Waals surface area (Å²) < 4.78 is 7.76. The van der Waals surface area contributed by atoms with E-state index in [1.807, 2.05) is 22.9 Å². The van der Waals surface area contributed by atoms with Crippen molar-refractivity contribution in [2.24, 2.45) is 0 Å². The maximum absolute atomic E-state index is 12.8. The van der Waals surface area contributed by atoms with Gasteiger partial charge in [-0.1, -0.05) is 11.6 Å². The molecule has 0 saturated carbocycles. The van der Waals surface area contributed by atoms with Crippen LogP contribution in [0.5, 0.6) is 0 Å². The number of aryl methyl sites for hydroxylation is 1. The lowest BCUT2D eigenvalue weighted by atomic mass is 10.1. The third-order valence-corrected chi connectivity index (χ3v) is 5.64. The molecular weight excluding hydrogens is 380 g/mol. The maximum atomic E-state index is 12.8. The lowest BCUT2D eigenvalue weighted by molar-refractivity contribution is -0.931. The van der Waals surface area contributed by atoms with Crippen molar-refractivity contribution in [3.8, 4) is 0 Å². The van der Waals surface area contributed by atoms with Gasteiger partial charge in [-0.05, 0) is 74.5 Å². The van der Waals surface area contributed by atoms with Crippen LogP contribution in [0.1, 0.15) is 50.6 Å². The van der Waals surface area contributed by atoms with Gasteiger partial charge in [0.2, 0.25) is 5.82 Å². The van der Waals surface area contributed by atoms with Crippen molar-refractivity contribution in [1.29, 1.82) is 0 Å². The molecule has 1 aliphatic heterocycles. The second-order valence-electron chi connectivity index (χ2n) is 9.33. The molecule has 3 aromatic rings. The highest BCUT2D eigenvalue weighted by molar-refractivity contribution is 5.79. The number of benzene rings is 1. The quantitative estimate of drug-likeness (QED) is 0.639. The zero-order valence-electron chi connectivity index (χ0n) is 18.2. The number of nitrogens with zero attached hydrogens (tertiary/aromatic N) is 4. The molecule has 1 aromatic carbocycles. The maximum Gasteiger partial charge on any atom is 0.257 e. The summed E-state index contributed by atoms with van der Waals surface area (Å²) in [6, 6.07) is 8.10. The van der Waals surface area contributed by atoms with Gasteiger partial charge in [0, 0.05) is 12.1 Å². The van der Waals surface area contributed by atoms with Crippen molar-refractivity contribution >= 4 is 10.9 Å². The Morgan fingerprint density at radius 1 is 1.27 bits per heavy atom. The van der Waals surface area contributed by atoms with Gasteiger partial charge < -0.3 is 14.6 Å². The number of aromatic nitrogens is 5. The Bertz CT molecular complexity index is 1080. The van der Waals surface area contributed by atoms with Crippen LogP contribution in [0.2, 0.25) is 0 Å². The highest BCUT2D eigenvalue weighted by Gasteiger charge is 2.27. The van der Waals surface area contributed by atoms with Gasteiger partial charge in [0.25, 0.3) is 5.56 Å². The molecular formula is C22H31N6O2+. The van der Waals surface area contributed by atoms with Gasteiger partial charge in [-0.25, -0.2) is 4.68 Å². The topological polar surface area (TPSA) is 90.1 Å². The fourth-order valence-electron chi connectivity index (χ4n) is 4.17. The molecule has 1 aliphatic rings. The smallest absolute Gasteiger partial charge is 0.257 e. The predicted octanol–water partition coefficient (Wildman–Crippen LogP) is 1.34. The van der Waals surface area contributed by atoms with Gasteiger partial charge in [-0.15, -0.1) is 5.10 Å². The Morgan fingerprint density at radius 3 is 2.83 bits per heavy atom. The molecule has 2 atom stereocenters. The van der Waals surface area contributed by atoms with Gasteiger partial charge in [-0.2, -0.15) is 0 Å². The number of hydrogen-bond donors (Lipinski definition) is 2. The van der Waals surface area contributed by atoms with E-state index in [4.69, 9.17) is 4.74 Å². The van der Waals surface area contributed by atoms with Crippen LogP contribution in [-0.2, 0) is 23.4 Å². The fraction of sp³-hybridized carbons (Fsp3) is 0.545. The summed E-state index contributed by atoms with van der Waals surface area (Å²) >= 11 is 0. The minimum Gasteiger partial charge on any atom is -0.372 e. The number of tetrazole rings is 1. The van der Waals surface area contributed by atoms with E-state index in [0.717, 1.165) is 48.3 Å². The fourth-order valence-corrected chi connectivity index (χ4v) is 4.17. The Morgan fingerprint density at radius 2 is 2.10 bits per heavy atom. The van der Waals surface area contributed by atoms with Crippen molar-refractivity contribution in [3.63, 3.8) is 0 Å². The number of rotatable bonds is 6. The molecule has 2 aromatic heterocycles. The van der Waals surface area contributed by atoms with Crippen molar-refractivity contribution in [3.05, 3.63) is 51.6 Å². The van der Waals surface area contributed by atoms with Crippen LogP contribution in [-0.4, -0.2) is 44.4 Å². The number of hydrogen-bond acceptors (Lipinski definition) is 5. The molecule has 0 amide bonds. The van der Waals surface area contributed by atoms with E-state index in [1.165, 1.54) is 10.5 Å². The van der Waals surface area contributed by atoms with E-state index in [1.54, 1.807) is 0 Å². The number of nitrogens with one attached hydrogen (secondary N) is 2. The van der Waals surface area contributed by atoms with Crippen LogP contribution in [0.25, 0.3) is 10.9 Å². The summed E-state index contributed by atoms with van der Waals surface area (Å²) in [6.07, 6.45) is 2.36. The van der Waals surface area contributed by atoms with Crippen LogP contribution >= 0.6 is 0 Å². The second-order valence-corrected chi connectivity index (χ2v) is 9.33. The number of quaternary nitrogens is 1. The van der Waals surface area contributed by atoms with E-state index < -0.39 is 0 Å². The minimum absolute atomic E-state index is 0.0355. The van der Waals surface area contributed by atoms with Crippen molar-refractivity contribution in [2.45, 2.75) is 65.3 Å². The first-order valence-electron chi connectivity index (χ1n) is 10.6. The molecule has 0 aliphatic carbocycles. The largest absolute Gasteiger partial charge is 0.372 e. The third-order valence-electron chi connectivity index (χ3n) is 5.64. The monoisotopic (exact) mass is 411 g/mol. The van der Waals surface area contributed by atoms with Crippen LogP contribution in [0, 0.1) is 6.92 Å². The van der Waals surface area contributed by atoms with Gasteiger partial charge in [0.15, 0.2) is 0 Å². The summed E-state index contributed by atoms with van der Waals surface area (Å²) in [6.45, 7) is 11.2. The first kappa shape index (κ1) is 20.7. The highest BCUT2D eigenvalue weighted by Crippen LogP contribution is 2.15. The molecule has 30 heavy (non-hydrogen) atoms. The summed E-state index contributed by atoms with van der Waals surface area (Å²) in [5.74, 6) is 0.823. The molecule has 3 heterocycles. The Balaban J connectivity index is 1.63. The summed E-state index contributed by atoms with van der Waals surface area (Å²) in [7, 11) is 0. The molecule has 0 spiro atoms. The summed E-state index contributed by atoms with van der Waals surface area (Å²) in [5, 5.41) is 13.4. The third kappa shape index (κ3) is 4.60. The molecule has 4 rings (SSSR count). The first-order valence-corrected chi connectivity index (χ1v) is 10.6. The predicted molar refractivity (Wildman–Crippen MR) is 114 cm³/mol. The Kier molecular flexibility index (Phi) is 5.71. The van der Waals surface area contributed by atoms with Gasteiger partial charge in [0.1, 0.15) is 25.7 Å². The molecule has 1 fully saturated rings. The summed E-state index contributed by atoms with van der Waals surface area (Å²) in [4.78, 5) is 17.0. The molecule has 0 radical (unpaired) electrons.